The van der Waals surface area contributed by atoms with Crippen molar-refractivity contribution in [2.75, 3.05) is 6.26 Å². The van der Waals surface area contributed by atoms with Crippen LogP contribution in [0.3, 0.4) is 0 Å². The summed E-state index contributed by atoms with van der Waals surface area (Å²) < 4.78 is 0. The Kier molecular flexibility index (Phi) is 2.52. The summed E-state index contributed by atoms with van der Waals surface area (Å²) in [6.45, 7) is 0. The van der Waals surface area contributed by atoms with E-state index < -0.39 is 0 Å². The fourth-order valence-corrected chi connectivity index (χ4v) is 2.71. The fourth-order valence-electron chi connectivity index (χ4n) is 2.01. The highest BCUT2D eigenvalue weighted by molar-refractivity contribution is 7.98. The second-order valence-electron chi connectivity index (χ2n) is 3.75. The molecule has 0 heterocycles. The van der Waals surface area contributed by atoms with Crippen LogP contribution in [0.25, 0.3) is 0 Å². The lowest BCUT2D eigenvalue weighted by atomic mass is 9.65. The second-order valence-corrected chi connectivity index (χ2v) is 4.60. The molecule has 0 aliphatic heterocycles. The number of hydrogen-bond acceptors (Lipinski definition) is 2. The topological polar surface area (TPSA) is 23.8 Å². The normalized spacial score (nSPS) is 18.3. The molecule has 2 rings (SSSR count). The van der Waals surface area contributed by atoms with E-state index in [-0.39, 0.29) is 5.41 Å². The average molecular weight is 203 g/mol. The molecule has 0 saturated heterocycles. The molecule has 2 heteroatoms. The number of rotatable bonds is 2. The van der Waals surface area contributed by atoms with Crippen LogP contribution in [0.1, 0.15) is 24.8 Å². The van der Waals surface area contributed by atoms with E-state index in [4.69, 9.17) is 0 Å². The first-order chi connectivity index (χ1) is 6.82. The lowest BCUT2D eigenvalue weighted by Gasteiger charge is -2.36. The summed E-state index contributed by atoms with van der Waals surface area (Å²) in [4.78, 5) is 1.26. The quantitative estimate of drug-likeness (QED) is 0.688. The summed E-state index contributed by atoms with van der Waals surface area (Å²) in [6, 6.07) is 10.8. The summed E-state index contributed by atoms with van der Waals surface area (Å²) in [5.74, 6) is 0. The third-order valence-electron chi connectivity index (χ3n) is 3.04. The minimum absolute atomic E-state index is 0.167. The van der Waals surface area contributed by atoms with Crippen LogP contribution in [0.5, 0.6) is 0 Å². The highest BCUT2D eigenvalue weighted by Crippen LogP contribution is 2.45. The summed E-state index contributed by atoms with van der Waals surface area (Å²) >= 11 is 1.74. The Hall–Kier alpha value is -0.940. The first-order valence-corrected chi connectivity index (χ1v) is 6.10. The molecule has 14 heavy (non-hydrogen) atoms. The lowest BCUT2D eigenvalue weighted by Crippen LogP contribution is -2.32. The van der Waals surface area contributed by atoms with Gasteiger partial charge in [-0.3, -0.25) is 0 Å². The second kappa shape index (κ2) is 3.67. The maximum atomic E-state index is 9.25. The first-order valence-electron chi connectivity index (χ1n) is 4.87. The zero-order chi connectivity index (χ0) is 10.0. The highest BCUT2D eigenvalue weighted by Gasteiger charge is 2.40. The third-order valence-corrected chi connectivity index (χ3v) is 3.84. The molecule has 1 aromatic rings. The molecule has 1 saturated carbocycles. The maximum absolute atomic E-state index is 9.25. The van der Waals surface area contributed by atoms with Crippen molar-refractivity contribution in [2.24, 2.45) is 0 Å². The average Bonchev–Trinajstić information content (AvgIpc) is 2.18. The molecule has 0 unspecified atom stereocenters. The highest BCUT2D eigenvalue weighted by atomic mass is 32.2. The molecule has 0 N–H and O–H groups in total. The van der Waals surface area contributed by atoms with Gasteiger partial charge in [0.2, 0.25) is 0 Å². The van der Waals surface area contributed by atoms with E-state index in [1.54, 1.807) is 11.8 Å². The predicted molar refractivity (Wildman–Crippen MR) is 59.4 cm³/mol. The van der Waals surface area contributed by atoms with Crippen LogP contribution < -0.4 is 0 Å². The van der Waals surface area contributed by atoms with Crippen molar-refractivity contribution in [3.05, 3.63) is 29.8 Å². The molecule has 0 aromatic heterocycles. The summed E-state index contributed by atoms with van der Waals surface area (Å²) in [7, 11) is 0. The van der Waals surface area contributed by atoms with Gasteiger partial charge in [0.05, 0.1) is 11.5 Å². The van der Waals surface area contributed by atoms with Crippen LogP contribution in [0.15, 0.2) is 29.2 Å². The van der Waals surface area contributed by atoms with Crippen LogP contribution >= 0.6 is 11.8 Å². The Balaban J connectivity index is 2.45. The first kappa shape index (κ1) is 9.61. The number of benzene rings is 1. The van der Waals surface area contributed by atoms with E-state index in [9.17, 15) is 5.26 Å². The van der Waals surface area contributed by atoms with Gasteiger partial charge >= 0.3 is 0 Å². The zero-order valence-corrected chi connectivity index (χ0v) is 9.10. The van der Waals surface area contributed by atoms with E-state index in [1.165, 1.54) is 16.9 Å². The number of nitrogens with zero attached hydrogens (tertiary/aromatic N) is 1. The molecule has 1 aliphatic rings. The smallest absolute Gasteiger partial charge is 0.0833 e. The van der Waals surface area contributed by atoms with Gasteiger partial charge in [-0.1, -0.05) is 18.2 Å². The Labute approximate surface area is 89.1 Å². The minimum Gasteiger partial charge on any atom is -0.197 e. The molecule has 1 aliphatic carbocycles. The van der Waals surface area contributed by atoms with Crippen molar-refractivity contribution in [3.8, 4) is 6.07 Å². The third kappa shape index (κ3) is 1.33. The predicted octanol–water partition coefficient (Wildman–Crippen LogP) is 3.35. The van der Waals surface area contributed by atoms with Crippen molar-refractivity contribution >= 4 is 11.8 Å². The van der Waals surface area contributed by atoms with Crippen LogP contribution in [-0.4, -0.2) is 6.26 Å². The molecule has 1 aromatic carbocycles. The van der Waals surface area contributed by atoms with Crippen molar-refractivity contribution in [1.29, 1.82) is 5.26 Å². The monoisotopic (exact) mass is 203 g/mol. The van der Waals surface area contributed by atoms with Gasteiger partial charge in [-0.15, -0.1) is 11.8 Å². The summed E-state index contributed by atoms with van der Waals surface area (Å²) in [6.07, 6.45) is 5.32. The van der Waals surface area contributed by atoms with E-state index >= 15 is 0 Å². The standard InChI is InChI=1S/C12H13NS/c1-14-11-6-3-2-5-10(11)12(9-13)7-4-8-12/h2-3,5-6H,4,7-8H2,1H3. The van der Waals surface area contributed by atoms with E-state index in [0.29, 0.717) is 0 Å². The zero-order valence-electron chi connectivity index (χ0n) is 8.29. The van der Waals surface area contributed by atoms with Crippen LogP contribution in [0.4, 0.5) is 0 Å². The van der Waals surface area contributed by atoms with E-state index in [1.807, 2.05) is 12.1 Å². The van der Waals surface area contributed by atoms with Gasteiger partial charge in [-0.25, -0.2) is 0 Å². The summed E-state index contributed by atoms with van der Waals surface area (Å²) in [5.41, 5.74) is 1.07. The summed E-state index contributed by atoms with van der Waals surface area (Å²) in [5, 5.41) is 9.25. The Morgan fingerprint density at radius 3 is 2.57 bits per heavy atom. The van der Waals surface area contributed by atoms with Crippen molar-refractivity contribution in [3.63, 3.8) is 0 Å². The van der Waals surface area contributed by atoms with Crippen molar-refractivity contribution < 1.29 is 0 Å². The molecule has 0 atom stereocenters. The van der Waals surface area contributed by atoms with Crippen LogP contribution in [0, 0.1) is 11.3 Å². The number of hydrogen-bond donors (Lipinski definition) is 0. The van der Waals surface area contributed by atoms with Gasteiger partial charge in [0.15, 0.2) is 0 Å². The van der Waals surface area contributed by atoms with Gasteiger partial charge in [0.25, 0.3) is 0 Å². The molecule has 0 spiro atoms. The lowest BCUT2D eigenvalue weighted by molar-refractivity contribution is 0.319. The van der Waals surface area contributed by atoms with Gasteiger partial charge in [0, 0.05) is 4.90 Å². The molecule has 0 amide bonds. The van der Waals surface area contributed by atoms with Crippen molar-refractivity contribution in [1.82, 2.24) is 0 Å². The van der Waals surface area contributed by atoms with Gasteiger partial charge in [-0.2, -0.15) is 5.26 Å². The fraction of sp³-hybridized carbons (Fsp3) is 0.417. The Bertz CT molecular complexity index is 374. The molecule has 0 bridgehead atoms. The molecule has 1 fully saturated rings. The number of nitriles is 1. The van der Waals surface area contributed by atoms with E-state index in [0.717, 1.165) is 12.8 Å². The molecule has 0 radical (unpaired) electrons. The molecular formula is C12H13NS. The van der Waals surface area contributed by atoms with Crippen LogP contribution in [-0.2, 0) is 5.41 Å². The van der Waals surface area contributed by atoms with Gasteiger partial charge in [0.1, 0.15) is 0 Å². The molecule has 72 valence electrons. The largest absolute Gasteiger partial charge is 0.197 e. The Morgan fingerprint density at radius 1 is 1.36 bits per heavy atom. The maximum Gasteiger partial charge on any atom is 0.0833 e. The van der Waals surface area contributed by atoms with Crippen LogP contribution in [0.2, 0.25) is 0 Å². The molecular weight excluding hydrogens is 190 g/mol. The van der Waals surface area contributed by atoms with E-state index in [2.05, 4.69) is 24.5 Å². The SMILES string of the molecule is CSc1ccccc1C1(C#N)CCC1. The number of thioether (sulfide) groups is 1. The van der Waals surface area contributed by atoms with Gasteiger partial charge < -0.3 is 0 Å². The van der Waals surface area contributed by atoms with Gasteiger partial charge in [-0.05, 0) is 37.1 Å². The molecule has 1 nitrogen and oxygen atoms in total. The van der Waals surface area contributed by atoms with Crippen molar-refractivity contribution in [2.45, 2.75) is 29.6 Å². The minimum atomic E-state index is -0.167. The Morgan fingerprint density at radius 2 is 2.07 bits per heavy atom.